The second kappa shape index (κ2) is 19.2. The maximum absolute atomic E-state index is 9.76. The van der Waals surface area contributed by atoms with Gasteiger partial charge in [0.1, 0.15) is 11.2 Å². The third-order valence-electron chi connectivity index (χ3n) is 18.0. The number of anilines is 6. The third kappa shape index (κ3) is 7.42. The number of fused-ring (bicyclic) bond motifs is 13. The van der Waals surface area contributed by atoms with E-state index in [1.54, 1.807) is 4.57 Å². The molecule has 2 aliphatic heterocycles. The first-order chi connectivity index (χ1) is 48.7. The monoisotopic (exact) mass is 1140 g/mol. The average Bonchev–Trinajstić information content (AvgIpc) is 1.61. The van der Waals surface area contributed by atoms with Crippen molar-refractivity contribution < 1.29 is 22.2 Å². The van der Waals surface area contributed by atoms with Gasteiger partial charge in [-0.3, -0.25) is 0 Å². The van der Waals surface area contributed by atoms with E-state index < -0.39 is 78.6 Å². The Balaban J connectivity index is 1.06. The van der Waals surface area contributed by atoms with Crippen LogP contribution in [-0.2, 0) is 5.41 Å². The van der Waals surface area contributed by atoms with Crippen molar-refractivity contribution in [3.63, 3.8) is 0 Å². The standard InChI is InChI=1S/C82H57BN4O/c1-82(2,3)56-49-73-79-74(50-56)87(80-59(53-26-10-5-11-27-53)42-46-70-77(80)63-34-18-22-38-69(63)84(70)57-30-14-7-15-31-57)72-51-58(85-67-36-20-16-32-61(67)62-33-17-21-37-68(62)85)41-45-66(72)83(79)65-44-40-55(52-24-8-4-9-25-52)48-71(65)86(73)81-60(54-28-12-6-13-29-54)43-47-76-78(81)64-35-19-23-39-75(64)88-76/h4-51H,1-3H3/i4D,8D,9D,16D,17D,20D,21D,24D,25D,32D,33D,36D,37D. The van der Waals surface area contributed by atoms with Crippen molar-refractivity contribution in [1.29, 1.82) is 0 Å². The Kier molecular flexibility index (Phi) is 8.47. The molecule has 0 amide bonds. The van der Waals surface area contributed by atoms with Gasteiger partial charge in [0.25, 0.3) is 6.71 Å². The maximum atomic E-state index is 9.76. The summed E-state index contributed by atoms with van der Waals surface area (Å²) in [6.07, 6.45) is 0. The minimum atomic E-state index is -0.673. The molecular weight excluding hydrogens is 1070 g/mol. The fourth-order valence-electron chi connectivity index (χ4n) is 14.1. The molecule has 16 aromatic rings. The van der Waals surface area contributed by atoms with E-state index in [1.807, 2.05) is 121 Å². The first kappa shape index (κ1) is 38.8. The van der Waals surface area contributed by atoms with Crippen LogP contribution in [0.3, 0.4) is 0 Å². The molecule has 0 bridgehead atoms. The zero-order valence-electron chi connectivity index (χ0n) is 61.0. The Bertz CT molecular complexity index is 6220. The van der Waals surface area contributed by atoms with E-state index >= 15 is 0 Å². The van der Waals surface area contributed by atoms with Crippen LogP contribution in [0.15, 0.2) is 295 Å². The molecule has 0 spiro atoms. The van der Waals surface area contributed by atoms with Gasteiger partial charge in [0.05, 0.1) is 56.6 Å². The van der Waals surface area contributed by atoms with Crippen LogP contribution in [0, 0.1) is 0 Å². The zero-order valence-corrected chi connectivity index (χ0v) is 48.0. The van der Waals surface area contributed by atoms with Gasteiger partial charge in [-0.05, 0) is 135 Å². The number of benzene rings is 13. The molecule has 414 valence electrons. The average molecular weight is 1140 g/mol. The summed E-state index contributed by atoms with van der Waals surface area (Å²) in [5, 5.41) is 3.44. The lowest BCUT2D eigenvalue weighted by Gasteiger charge is -2.46. The van der Waals surface area contributed by atoms with Crippen LogP contribution in [0.4, 0.5) is 34.1 Å². The van der Waals surface area contributed by atoms with Gasteiger partial charge in [0.15, 0.2) is 0 Å². The highest BCUT2D eigenvalue weighted by molar-refractivity contribution is 7.00. The van der Waals surface area contributed by atoms with Crippen molar-refractivity contribution in [1.82, 2.24) is 9.13 Å². The van der Waals surface area contributed by atoms with Gasteiger partial charge in [-0.15, -0.1) is 0 Å². The largest absolute Gasteiger partial charge is 0.456 e. The highest BCUT2D eigenvalue weighted by Crippen LogP contribution is 2.55. The molecule has 3 aromatic heterocycles. The van der Waals surface area contributed by atoms with Gasteiger partial charge >= 0.3 is 0 Å². The molecule has 0 atom stereocenters. The molecule has 5 heterocycles. The van der Waals surface area contributed by atoms with Crippen molar-refractivity contribution in [2.24, 2.45) is 0 Å². The van der Waals surface area contributed by atoms with E-state index in [1.165, 1.54) is 0 Å². The molecule has 0 fully saturated rings. The molecule has 5 nitrogen and oxygen atoms in total. The van der Waals surface area contributed by atoms with Crippen molar-refractivity contribution in [3.8, 4) is 44.8 Å². The molecule has 0 saturated heterocycles. The smallest absolute Gasteiger partial charge is 0.252 e. The molecule has 2 aliphatic rings. The van der Waals surface area contributed by atoms with E-state index in [9.17, 15) is 11.0 Å². The lowest BCUT2D eigenvalue weighted by Crippen LogP contribution is -2.61. The SMILES string of the molecule is [2H]c1c([2H])c([2H])c(-c2ccc3c(c2)N(c2c(-c4ccccc4)ccc4oc5ccccc5c24)c2cc(C(C)(C)C)cc4c2B3c2ccc(-n3c5c([2H])c([2H])c([2H])c([2H])c5c5c([2H])c([2H])c([2H])c([2H])c53)cc2N4c2c(-c3ccccc3)ccc3c2c2ccccc2n3-c2ccccc2)c([2H])c1[2H]. The second-order valence-electron chi connectivity index (χ2n) is 23.8. The van der Waals surface area contributed by atoms with Crippen LogP contribution in [0.2, 0.25) is 0 Å². The Labute approximate surface area is 529 Å². The second-order valence-corrected chi connectivity index (χ2v) is 23.8. The summed E-state index contributed by atoms with van der Waals surface area (Å²) >= 11 is 0. The van der Waals surface area contributed by atoms with Gasteiger partial charge in [-0.2, -0.15) is 0 Å². The summed E-state index contributed by atoms with van der Waals surface area (Å²) in [5.41, 5.74) is 15.6. The highest BCUT2D eigenvalue weighted by atomic mass is 16.3. The van der Waals surface area contributed by atoms with E-state index in [0.29, 0.717) is 33.8 Å². The Morgan fingerprint density at radius 2 is 0.909 bits per heavy atom. The van der Waals surface area contributed by atoms with Gasteiger partial charge in [-0.25, -0.2) is 0 Å². The topological polar surface area (TPSA) is 29.5 Å². The summed E-state index contributed by atoms with van der Waals surface area (Å²) in [6, 6.07) is 65.8. The number of nitrogens with zero attached hydrogens (tertiary/aromatic N) is 4. The minimum Gasteiger partial charge on any atom is -0.456 e. The number of hydrogen-bond acceptors (Lipinski definition) is 3. The van der Waals surface area contributed by atoms with E-state index in [2.05, 4.69) is 126 Å². The Hall–Kier alpha value is -11.1. The van der Waals surface area contributed by atoms with Crippen LogP contribution >= 0.6 is 0 Å². The maximum Gasteiger partial charge on any atom is 0.252 e. The first-order valence-electron chi connectivity index (χ1n) is 36.0. The zero-order chi connectivity index (χ0) is 69.7. The number of aromatic nitrogens is 2. The van der Waals surface area contributed by atoms with Crippen molar-refractivity contribution in [2.45, 2.75) is 26.2 Å². The predicted molar refractivity (Wildman–Crippen MR) is 371 cm³/mol. The molecule has 0 saturated carbocycles. The molecular formula is C82H57BN4O. The molecule has 13 aromatic carbocycles. The summed E-state index contributed by atoms with van der Waals surface area (Å²) in [7, 11) is 0. The van der Waals surface area contributed by atoms with Crippen LogP contribution in [0.5, 0.6) is 0 Å². The molecule has 18 rings (SSSR count). The van der Waals surface area contributed by atoms with Gasteiger partial charge in [0, 0.05) is 72.2 Å². The van der Waals surface area contributed by atoms with Gasteiger partial charge < -0.3 is 23.4 Å². The van der Waals surface area contributed by atoms with Gasteiger partial charge in [-0.1, -0.05) is 227 Å². The van der Waals surface area contributed by atoms with Crippen LogP contribution in [0.1, 0.15) is 44.2 Å². The van der Waals surface area contributed by atoms with Crippen LogP contribution in [-0.4, -0.2) is 15.8 Å². The molecule has 0 radical (unpaired) electrons. The number of para-hydroxylation sites is 5. The molecule has 0 N–H and O–H groups in total. The lowest BCUT2D eigenvalue weighted by atomic mass is 9.33. The Morgan fingerprint density at radius 1 is 0.364 bits per heavy atom. The fourth-order valence-corrected chi connectivity index (χ4v) is 14.1. The summed E-state index contributed by atoms with van der Waals surface area (Å²) < 4.78 is 131. The van der Waals surface area contributed by atoms with Crippen molar-refractivity contribution in [2.75, 3.05) is 9.80 Å². The molecule has 0 unspecified atom stereocenters. The predicted octanol–water partition coefficient (Wildman–Crippen LogP) is 20.2. The van der Waals surface area contributed by atoms with E-state index in [-0.39, 0.29) is 39.5 Å². The molecule has 88 heavy (non-hydrogen) atoms. The van der Waals surface area contributed by atoms with Gasteiger partial charge in [0.2, 0.25) is 0 Å². The third-order valence-corrected chi connectivity index (χ3v) is 18.0. The minimum absolute atomic E-state index is 0.0231. The number of hydrogen-bond donors (Lipinski definition) is 0. The Morgan fingerprint density at radius 3 is 1.58 bits per heavy atom. The van der Waals surface area contributed by atoms with Crippen LogP contribution < -0.4 is 26.2 Å². The van der Waals surface area contributed by atoms with Crippen molar-refractivity contribution >= 4 is 123 Å². The highest BCUT2D eigenvalue weighted by Gasteiger charge is 2.46. The summed E-state index contributed by atoms with van der Waals surface area (Å²) in [4.78, 5) is 4.66. The quantitative estimate of drug-likeness (QED) is 0.149. The summed E-state index contributed by atoms with van der Waals surface area (Å²) in [5.74, 6) is 0. The van der Waals surface area contributed by atoms with E-state index in [4.69, 9.17) is 11.3 Å². The molecule has 0 aliphatic carbocycles. The van der Waals surface area contributed by atoms with E-state index in [0.717, 1.165) is 105 Å². The summed E-state index contributed by atoms with van der Waals surface area (Å²) in [6.45, 7) is 5.88. The lowest BCUT2D eigenvalue weighted by molar-refractivity contribution is 0.590. The first-order valence-corrected chi connectivity index (χ1v) is 29.5. The molecule has 6 heteroatoms. The van der Waals surface area contributed by atoms with Crippen molar-refractivity contribution in [3.05, 3.63) is 296 Å². The number of furan rings is 1. The number of rotatable bonds is 7. The normalized spacial score (nSPS) is 14.9. The van der Waals surface area contributed by atoms with Crippen LogP contribution in [0.25, 0.3) is 110 Å². The fraction of sp³-hybridized carbons (Fsp3) is 0.0488.